The minimum atomic E-state index is -0.571. The second-order valence-corrected chi connectivity index (χ2v) is 12.9. The Bertz CT molecular complexity index is 712. The van der Waals surface area contributed by atoms with Crippen molar-refractivity contribution in [1.29, 1.82) is 0 Å². The second kappa shape index (κ2) is 10.4. The molecule has 4 fully saturated rings. The van der Waals surface area contributed by atoms with E-state index in [2.05, 4.69) is 46.9 Å². The zero-order valence-electron chi connectivity index (χ0n) is 22.6. The van der Waals surface area contributed by atoms with Gasteiger partial charge in [-0.15, -0.1) is 0 Å². The minimum absolute atomic E-state index is 0.0897. The standard InChI is InChI=1S/C29H51NO4/c1-7-33-24-15-19-9-10-20-21-11-12-22(27(31)32)29(21,6)16-23(30-14-13-18(3)4)26(20)28(19,5)17-25(24)34-8-2/h18-26,30H,7-17H2,1-6H3,(H,31,32)/t19-,20-,21-,22+,23+,24-,25-,26+,28-,29-/m0/s1. The fourth-order valence-corrected chi connectivity index (χ4v) is 9.35. The van der Waals surface area contributed by atoms with Crippen molar-refractivity contribution in [2.45, 2.75) is 111 Å². The fourth-order valence-electron chi connectivity index (χ4n) is 9.35. The van der Waals surface area contributed by atoms with E-state index in [0.717, 1.165) is 51.9 Å². The Hall–Kier alpha value is -0.650. The summed E-state index contributed by atoms with van der Waals surface area (Å²) in [7, 11) is 0. The summed E-state index contributed by atoms with van der Waals surface area (Å²) >= 11 is 0. The molecule has 34 heavy (non-hydrogen) atoms. The van der Waals surface area contributed by atoms with Crippen LogP contribution < -0.4 is 5.32 Å². The molecular formula is C29H51NO4. The van der Waals surface area contributed by atoms with Crippen molar-refractivity contribution in [1.82, 2.24) is 5.32 Å². The van der Waals surface area contributed by atoms with Crippen molar-refractivity contribution >= 4 is 5.97 Å². The van der Waals surface area contributed by atoms with Crippen LogP contribution in [0.3, 0.4) is 0 Å². The first kappa shape index (κ1) is 26.4. The predicted octanol–water partition coefficient (Wildman–Crippen LogP) is 5.76. The molecule has 0 aromatic heterocycles. The summed E-state index contributed by atoms with van der Waals surface area (Å²) in [6, 6.07) is 0.392. The number of carboxylic acids is 1. The number of hydrogen-bond acceptors (Lipinski definition) is 4. The van der Waals surface area contributed by atoms with Crippen LogP contribution in [0.4, 0.5) is 0 Å². The van der Waals surface area contributed by atoms with Crippen LogP contribution in [0, 0.1) is 46.3 Å². The second-order valence-electron chi connectivity index (χ2n) is 12.9. The molecule has 196 valence electrons. The Morgan fingerprint density at radius 3 is 2.35 bits per heavy atom. The van der Waals surface area contributed by atoms with E-state index in [9.17, 15) is 9.90 Å². The van der Waals surface area contributed by atoms with Gasteiger partial charge in [0.15, 0.2) is 0 Å². The Kier molecular flexibility index (Phi) is 8.06. The number of carbonyl (C=O) groups is 1. The first-order valence-corrected chi connectivity index (χ1v) is 14.3. The lowest BCUT2D eigenvalue weighted by atomic mass is 9.43. The van der Waals surface area contributed by atoms with Crippen molar-refractivity contribution in [3.63, 3.8) is 0 Å². The molecule has 0 unspecified atom stereocenters. The van der Waals surface area contributed by atoms with E-state index in [-0.39, 0.29) is 29.0 Å². The molecule has 5 heteroatoms. The molecule has 0 amide bonds. The number of rotatable bonds is 9. The molecule has 4 rings (SSSR count). The lowest BCUT2D eigenvalue weighted by Crippen LogP contribution is -2.64. The molecule has 0 bridgehead atoms. The van der Waals surface area contributed by atoms with Gasteiger partial charge in [-0.05, 0) is 112 Å². The number of fused-ring (bicyclic) bond motifs is 5. The van der Waals surface area contributed by atoms with Gasteiger partial charge in [-0.3, -0.25) is 4.79 Å². The summed E-state index contributed by atoms with van der Waals surface area (Å²) in [4.78, 5) is 12.3. The van der Waals surface area contributed by atoms with Gasteiger partial charge in [-0.25, -0.2) is 0 Å². The summed E-state index contributed by atoms with van der Waals surface area (Å²) < 4.78 is 12.5. The molecule has 0 saturated heterocycles. The number of aliphatic carboxylic acids is 1. The van der Waals surface area contributed by atoms with E-state index in [4.69, 9.17) is 9.47 Å². The van der Waals surface area contributed by atoms with E-state index in [1.54, 1.807) is 0 Å². The van der Waals surface area contributed by atoms with Gasteiger partial charge < -0.3 is 19.9 Å². The van der Waals surface area contributed by atoms with Crippen molar-refractivity contribution in [2.24, 2.45) is 46.3 Å². The SMILES string of the molecule is CCO[C@H]1C[C@@H]2CC[C@@H]3[C@H]([C@H](NCCC(C)C)C[C@]4(C)[C@@H](C(=O)O)CC[C@@H]34)[C@@]2(C)C[C@@H]1OCC. The van der Waals surface area contributed by atoms with Crippen LogP contribution in [0.1, 0.15) is 92.9 Å². The van der Waals surface area contributed by atoms with Gasteiger partial charge in [-0.1, -0.05) is 27.7 Å². The molecule has 4 aliphatic carbocycles. The number of nitrogens with one attached hydrogen (secondary N) is 1. The summed E-state index contributed by atoms with van der Waals surface area (Å²) in [6.07, 6.45) is 9.18. The Labute approximate surface area is 208 Å². The lowest BCUT2D eigenvalue weighted by molar-refractivity contribution is -0.190. The molecule has 0 radical (unpaired) electrons. The summed E-state index contributed by atoms with van der Waals surface area (Å²) in [5.41, 5.74) is 0.127. The van der Waals surface area contributed by atoms with E-state index >= 15 is 0 Å². The van der Waals surface area contributed by atoms with Gasteiger partial charge in [0.05, 0.1) is 18.1 Å². The van der Waals surface area contributed by atoms with E-state index in [0.29, 0.717) is 35.6 Å². The topological polar surface area (TPSA) is 67.8 Å². The van der Waals surface area contributed by atoms with Crippen LogP contribution in [-0.4, -0.2) is 49.1 Å². The first-order chi connectivity index (χ1) is 16.2. The predicted molar refractivity (Wildman–Crippen MR) is 136 cm³/mol. The monoisotopic (exact) mass is 477 g/mol. The molecule has 0 spiro atoms. The van der Waals surface area contributed by atoms with Crippen LogP contribution in [0.25, 0.3) is 0 Å². The van der Waals surface area contributed by atoms with Crippen LogP contribution >= 0.6 is 0 Å². The van der Waals surface area contributed by atoms with Crippen LogP contribution in [0.15, 0.2) is 0 Å². The maximum absolute atomic E-state index is 12.3. The lowest BCUT2D eigenvalue weighted by Gasteiger charge is -2.64. The zero-order valence-corrected chi connectivity index (χ0v) is 22.6. The third-order valence-corrected chi connectivity index (χ3v) is 10.8. The molecule has 4 saturated carbocycles. The van der Waals surface area contributed by atoms with Gasteiger partial charge in [0.2, 0.25) is 0 Å². The number of hydrogen-bond donors (Lipinski definition) is 2. The third-order valence-electron chi connectivity index (χ3n) is 10.8. The Morgan fingerprint density at radius 2 is 1.71 bits per heavy atom. The quantitative estimate of drug-likeness (QED) is 0.442. The molecule has 0 aliphatic heterocycles. The van der Waals surface area contributed by atoms with E-state index in [1.807, 2.05) is 0 Å². The van der Waals surface area contributed by atoms with Crippen molar-refractivity contribution < 1.29 is 19.4 Å². The van der Waals surface area contributed by atoms with Crippen molar-refractivity contribution in [3.8, 4) is 0 Å². The molecule has 5 nitrogen and oxygen atoms in total. The Morgan fingerprint density at radius 1 is 1.00 bits per heavy atom. The molecule has 2 N–H and O–H groups in total. The van der Waals surface area contributed by atoms with Gasteiger partial charge in [0.1, 0.15) is 0 Å². The fraction of sp³-hybridized carbons (Fsp3) is 0.966. The van der Waals surface area contributed by atoms with Crippen molar-refractivity contribution in [3.05, 3.63) is 0 Å². The third kappa shape index (κ3) is 4.59. The van der Waals surface area contributed by atoms with Gasteiger partial charge in [0, 0.05) is 19.3 Å². The zero-order chi connectivity index (χ0) is 24.7. The minimum Gasteiger partial charge on any atom is -0.481 e. The molecule has 4 aliphatic rings. The summed E-state index contributed by atoms with van der Waals surface area (Å²) in [5, 5.41) is 14.1. The number of ether oxygens (including phenoxy) is 2. The highest BCUT2D eigenvalue weighted by Gasteiger charge is 2.65. The van der Waals surface area contributed by atoms with Gasteiger partial charge >= 0.3 is 5.97 Å². The van der Waals surface area contributed by atoms with Crippen molar-refractivity contribution in [2.75, 3.05) is 19.8 Å². The molecule has 0 aromatic carbocycles. The van der Waals surface area contributed by atoms with Gasteiger partial charge in [-0.2, -0.15) is 0 Å². The summed E-state index contributed by atoms with van der Waals surface area (Å²) in [5.74, 6) is 2.32. The number of carboxylic acid groups (broad SMARTS) is 1. The van der Waals surface area contributed by atoms with Crippen LogP contribution in [-0.2, 0) is 14.3 Å². The smallest absolute Gasteiger partial charge is 0.307 e. The van der Waals surface area contributed by atoms with E-state index < -0.39 is 5.97 Å². The highest BCUT2D eigenvalue weighted by Crippen LogP contribution is 2.67. The van der Waals surface area contributed by atoms with Crippen LogP contribution in [0.5, 0.6) is 0 Å². The maximum Gasteiger partial charge on any atom is 0.307 e. The molecule has 10 atom stereocenters. The normalized spacial score (nSPS) is 46.1. The average Bonchev–Trinajstić information content (AvgIpc) is 3.11. The van der Waals surface area contributed by atoms with Gasteiger partial charge in [0.25, 0.3) is 0 Å². The average molecular weight is 478 g/mol. The highest BCUT2D eigenvalue weighted by atomic mass is 16.5. The van der Waals surface area contributed by atoms with Crippen LogP contribution in [0.2, 0.25) is 0 Å². The maximum atomic E-state index is 12.3. The highest BCUT2D eigenvalue weighted by molar-refractivity contribution is 5.71. The largest absolute Gasteiger partial charge is 0.481 e. The first-order valence-electron chi connectivity index (χ1n) is 14.3. The molecule has 0 heterocycles. The van der Waals surface area contributed by atoms with E-state index in [1.165, 1.54) is 19.3 Å². The molecular weight excluding hydrogens is 426 g/mol. The molecule has 0 aromatic rings. The summed E-state index contributed by atoms with van der Waals surface area (Å²) in [6.45, 7) is 16.2. The Balaban J connectivity index is 1.66.